The van der Waals surface area contributed by atoms with Crippen LogP contribution in [0.15, 0.2) is 47.5 Å². The number of hydrogen-bond donors (Lipinski definition) is 2. The molecule has 0 spiro atoms. The fourth-order valence-corrected chi connectivity index (χ4v) is 4.37. The van der Waals surface area contributed by atoms with E-state index in [2.05, 4.69) is 39.9 Å². The topological polar surface area (TPSA) is 83.0 Å². The summed E-state index contributed by atoms with van der Waals surface area (Å²) in [5.41, 5.74) is 0. The summed E-state index contributed by atoms with van der Waals surface area (Å²) < 4.78 is 30.6. The molecule has 30 heavy (non-hydrogen) atoms. The molecule has 2 aromatic carbocycles. The van der Waals surface area contributed by atoms with E-state index in [4.69, 9.17) is 4.74 Å². The van der Waals surface area contributed by atoms with E-state index in [1.807, 2.05) is 18.2 Å². The first kappa shape index (κ1) is 24.7. The van der Waals surface area contributed by atoms with Gasteiger partial charge in [0.25, 0.3) is 0 Å². The highest BCUT2D eigenvalue weighted by Crippen LogP contribution is 2.20. The number of sulfonamides is 1. The van der Waals surface area contributed by atoms with Crippen LogP contribution in [0, 0.1) is 5.92 Å². The predicted molar refractivity (Wildman–Crippen MR) is 133 cm³/mol. The van der Waals surface area contributed by atoms with Crippen LogP contribution in [0.25, 0.3) is 10.8 Å². The summed E-state index contributed by atoms with van der Waals surface area (Å²) in [7, 11) is -1.36. The van der Waals surface area contributed by atoms with Crippen molar-refractivity contribution in [2.45, 2.75) is 12.8 Å². The Morgan fingerprint density at radius 1 is 1.20 bits per heavy atom. The van der Waals surface area contributed by atoms with Crippen LogP contribution in [-0.2, 0) is 10.0 Å². The van der Waals surface area contributed by atoms with Crippen LogP contribution < -0.4 is 15.4 Å². The van der Waals surface area contributed by atoms with Crippen molar-refractivity contribution in [3.8, 4) is 5.75 Å². The highest BCUT2D eigenvalue weighted by Gasteiger charge is 2.28. The van der Waals surface area contributed by atoms with Crippen molar-refractivity contribution >= 4 is 50.7 Å². The van der Waals surface area contributed by atoms with Gasteiger partial charge in [-0.15, -0.1) is 24.0 Å². The maximum Gasteiger partial charge on any atom is 0.211 e. The molecule has 1 fully saturated rings. The van der Waals surface area contributed by atoms with Gasteiger partial charge in [0, 0.05) is 33.2 Å². The van der Waals surface area contributed by atoms with Crippen molar-refractivity contribution in [2.75, 3.05) is 46.1 Å². The summed E-state index contributed by atoms with van der Waals surface area (Å²) in [6, 6.07) is 14.4. The molecule has 166 valence electrons. The SMILES string of the molecule is CN=C(NCCCOc1ccc2ccccc2c1)NCC1CCN(S(C)(=O)=O)C1.I. The van der Waals surface area contributed by atoms with Crippen LogP contribution in [0.4, 0.5) is 0 Å². The fraction of sp³-hybridized carbons (Fsp3) is 0.476. The third-order valence-corrected chi connectivity index (χ3v) is 6.37. The first-order valence-electron chi connectivity index (χ1n) is 9.97. The van der Waals surface area contributed by atoms with Crippen LogP contribution in [0.5, 0.6) is 5.75 Å². The minimum atomic E-state index is -3.09. The lowest BCUT2D eigenvalue weighted by molar-refractivity contribution is 0.311. The molecule has 1 aliphatic rings. The molecule has 9 heteroatoms. The number of benzene rings is 2. The van der Waals surface area contributed by atoms with Gasteiger partial charge >= 0.3 is 0 Å². The van der Waals surface area contributed by atoms with Gasteiger partial charge in [-0.3, -0.25) is 4.99 Å². The Balaban J connectivity index is 0.00000320. The summed E-state index contributed by atoms with van der Waals surface area (Å²) in [6.45, 7) is 3.24. The van der Waals surface area contributed by atoms with Gasteiger partial charge in [-0.1, -0.05) is 30.3 Å². The standard InChI is InChI=1S/C21H30N4O3S.HI/c1-22-21(24-15-17-10-12-25(16-17)29(2,26)27)23-11-5-13-28-20-9-8-18-6-3-4-7-19(18)14-20;/h3-4,6-9,14,17H,5,10-13,15-16H2,1-2H3,(H2,22,23,24);1H. The van der Waals surface area contributed by atoms with Crippen molar-refractivity contribution in [1.29, 1.82) is 0 Å². The van der Waals surface area contributed by atoms with Crippen LogP contribution in [0.3, 0.4) is 0 Å². The van der Waals surface area contributed by atoms with Gasteiger partial charge in [-0.2, -0.15) is 0 Å². The van der Waals surface area contributed by atoms with E-state index in [1.165, 1.54) is 17.0 Å². The largest absolute Gasteiger partial charge is 0.494 e. The molecule has 1 aliphatic heterocycles. The van der Waals surface area contributed by atoms with Gasteiger partial charge in [0.15, 0.2) is 5.96 Å². The number of nitrogens with zero attached hydrogens (tertiary/aromatic N) is 2. The first-order chi connectivity index (χ1) is 14.0. The summed E-state index contributed by atoms with van der Waals surface area (Å²) in [5, 5.41) is 8.95. The zero-order valence-corrected chi connectivity index (χ0v) is 20.7. The second-order valence-corrected chi connectivity index (χ2v) is 9.35. The molecular weight excluding hydrogens is 515 g/mol. The molecule has 0 aromatic heterocycles. The van der Waals surface area contributed by atoms with E-state index in [-0.39, 0.29) is 24.0 Å². The molecule has 1 heterocycles. The molecule has 1 unspecified atom stereocenters. The Hall–Kier alpha value is -1.59. The molecule has 0 saturated carbocycles. The number of guanidine groups is 1. The van der Waals surface area contributed by atoms with Gasteiger partial charge in [-0.05, 0) is 41.7 Å². The van der Waals surface area contributed by atoms with E-state index >= 15 is 0 Å². The van der Waals surface area contributed by atoms with Crippen molar-refractivity contribution in [1.82, 2.24) is 14.9 Å². The Labute approximate surface area is 196 Å². The Morgan fingerprint density at radius 2 is 1.97 bits per heavy atom. The van der Waals surface area contributed by atoms with E-state index < -0.39 is 10.0 Å². The van der Waals surface area contributed by atoms with E-state index in [1.54, 1.807) is 11.4 Å². The molecule has 0 bridgehead atoms. The average Bonchev–Trinajstić information content (AvgIpc) is 3.19. The lowest BCUT2D eigenvalue weighted by atomic mass is 10.1. The molecular formula is C21H31IN4O3S. The summed E-state index contributed by atoms with van der Waals surface area (Å²) in [5.74, 6) is 1.91. The van der Waals surface area contributed by atoms with Crippen LogP contribution >= 0.6 is 24.0 Å². The average molecular weight is 546 g/mol. The monoisotopic (exact) mass is 546 g/mol. The first-order valence-corrected chi connectivity index (χ1v) is 11.8. The molecule has 7 nitrogen and oxygen atoms in total. The van der Waals surface area contributed by atoms with Crippen molar-refractivity contribution in [3.63, 3.8) is 0 Å². The number of halogens is 1. The third-order valence-electron chi connectivity index (χ3n) is 5.10. The third kappa shape index (κ3) is 7.28. The molecule has 2 aromatic rings. The van der Waals surface area contributed by atoms with Crippen molar-refractivity contribution in [2.24, 2.45) is 10.9 Å². The van der Waals surface area contributed by atoms with Gasteiger partial charge in [0.1, 0.15) is 5.75 Å². The number of fused-ring (bicyclic) bond motifs is 1. The van der Waals surface area contributed by atoms with E-state index in [0.29, 0.717) is 32.2 Å². The lowest BCUT2D eigenvalue weighted by Crippen LogP contribution is -2.41. The number of ether oxygens (including phenoxy) is 1. The molecule has 3 rings (SSSR count). The van der Waals surface area contributed by atoms with E-state index in [9.17, 15) is 8.42 Å². The van der Waals surface area contributed by atoms with Gasteiger partial charge in [0.05, 0.1) is 12.9 Å². The fourth-order valence-electron chi connectivity index (χ4n) is 3.45. The van der Waals surface area contributed by atoms with Crippen molar-refractivity contribution < 1.29 is 13.2 Å². The second kappa shape index (κ2) is 11.7. The Bertz CT molecular complexity index is 952. The van der Waals surface area contributed by atoms with Crippen LogP contribution in [-0.4, -0.2) is 64.8 Å². The Morgan fingerprint density at radius 3 is 2.67 bits per heavy atom. The smallest absolute Gasteiger partial charge is 0.211 e. The summed E-state index contributed by atoms with van der Waals surface area (Å²) >= 11 is 0. The molecule has 0 radical (unpaired) electrons. The normalized spacial score (nSPS) is 17.5. The molecule has 1 atom stereocenters. The van der Waals surface area contributed by atoms with Gasteiger partial charge in [0.2, 0.25) is 10.0 Å². The molecule has 0 aliphatic carbocycles. The summed E-state index contributed by atoms with van der Waals surface area (Å²) in [4.78, 5) is 4.23. The Kier molecular flexibility index (Phi) is 9.63. The zero-order valence-electron chi connectivity index (χ0n) is 17.5. The quantitative estimate of drug-likeness (QED) is 0.230. The zero-order chi connectivity index (χ0) is 20.7. The molecule has 1 saturated heterocycles. The van der Waals surface area contributed by atoms with Gasteiger partial charge in [-0.25, -0.2) is 12.7 Å². The van der Waals surface area contributed by atoms with Crippen LogP contribution in [0.2, 0.25) is 0 Å². The maximum atomic E-state index is 11.6. The lowest BCUT2D eigenvalue weighted by Gasteiger charge is -2.16. The van der Waals surface area contributed by atoms with Gasteiger partial charge < -0.3 is 15.4 Å². The van der Waals surface area contributed by atoms with Crippen molar-refractivity contribution in [3.05, 3.63) is 42.5 Å². The highest BCUT2D eigenvalue weighted by molar-refractivity contribution is 14.0. The second-order valence-electron chi connectivity index (χ2n) is 7.37. The predicted octanol–water partition coefficient (Wildman–Crippen LogP) is 2.67. The maximum absolute atomic E-state index is 11.6. The minimum Gasteiger partial charge on any atom is -0.494 e. The number of nitrogens with one attached hydrogen (secondary N) is 2. The number of hydrogen-bond acceptors (Lipinski definition) is 4. The molecule has 0 amide bonds. The summed E-state index contributed by atoms with van der Waals surface area (Å²) in [6.07, 6.45) is 2.98. The minimum absolute atomic E-state index is 0. The van der Waals surface area contributed by atoms with E-state index in [0.717, 1.165) is 31.1 Å². The molecule has 2 N–H and O–H groups in total. The highest BCUT2D eigenvalue weighted by atomic mass is 127. The number of rotatable bonds is 8. The van der Waals surface area contributed by atoms with Crippen LogP contribution in [0.1, 0.15) is 12.8 Å². The number of aliphatic imine (C=N–C) groups is 1.